The molecule has 1 spiro atoms. The highest BCUT2D eigenvalue weighted by Gasteiger charge is 2.71. The summed E-state index contributed by atoms with van der Waals surface area (Å²) in [5, 5.41) is 4.37. The zero-order chi connectivity index (χ0) is 21.5. The van der Waals surface area contributed by atoms with Gasteiger partial charge in [-0.15, -0.1) is 0 Å². The lowest BCUT2D eigenvalue weighted by Crippen LogP contribution is -2.59. The Labute approximate surface area is 180 Å². The Morgan fingerprint density at radius 3 is 2.23 bits per heavy atom. The lowest BCUT2D eigenvalue weighted by Gasteiger charge is -2.41. The SMILES string of the molecule is CCC12C=C(NC(=O)c3ccccc3)CC(N(C(=O)c3ccccc3)O1)C21OCCO1. The van der Waals surface area contributed by atoms with E-state index in [4.69, 9.17) is 14.3 Å². The van der Waals surface area contributed by atoms with E-state index in [1.54, 1.807) is 24.3 Å². The molecule has 2 unspecified atom stereocenters. The molecule has 0 saturated carbocycles. The van der Waals surface area contributed by atoms with Gasteiger partial charge in [0.1, 0.15) is 6.04 Å². The molecular weight excluding hydrogens is 396 g/mol. The highest BCUT2D eigenvalue weighted by molar-refractivity contribution is 5.96. The van der Waals surface area contributed by atoms with Crippen LogP contribution in [0.2, 0.25) is 0 Å². The van der Waals surface area contributed by atoms with E-state index < -0.39 is 17.4 Å². The highest BCUT2D eigenvalue weighted by atomic mass is 16.8. The van der Waals surface area contributed by atoms with Gasteiger partial charge < -0.3 is 14.8 Å². The minimum absolute atomic E-state index is 0.206. The van der Waals surface area contributed by atoms with E-state index in [-0.39, 0.29) is 11.8 Å². The molecular formula is C24H24N2O5. The molecule has 31 heavy (non-hydrogen) atoms. The van der Waals surface area contributed by atoms with Crippen LogP contribution in [0.4, 0.5) is 0 Å². The first-order valence-electron chi connectivity index (χ1n) is 10.5. The number of nitrogens with one attached hydrogen (secondary N) is 1. The van der Waals surface area contributed by atoms with Crippen LogP contribution in [0.25, 0.3) is 0 Å². The summed E-state index contributed by atoms with van der Waals surface area (Å²) in [4.78, 5) is 32.4. The van der Waals surface area contributed by atoms with Crippen molar-refractivity contribution >= 4 is 11.8 Å². The second-order valence-electron chi connectivity index (χ2n) is 7.91. The number of ether oxygens (including phenoxy) is 2. The van der Waals surface area contributed by atoms with Gasteiger partial charge in [0.25, 0.3) is 11.8 Å². The van der Waals surface area contributed by atoms with E-state index in [2.05, 4.69) is 5.32 Å². The topological polar surface area (TPSA) is 77.1 Å². The maximum absolute atomic E-state index is 13.3. The minimum Gasteiger partial charge on any atom is -0.343 e. The third-order valence-corrected chi connectivity index (χ3v) is 6.17. The van der Waals surface area contributed by atoms with Crippen molar-refractivity contribution in [2.45, 2.75) is 37.2 Å². The van der Waals surface area contributed by atoms with Crippen LogP contribution in [0.3, 0.4) is 0 Å². The second kappa shape index (κ2) is 7.60. The first-order chi connectivity index (χ1) is 15.1. The minimum atomic E-state index is -1.09. The van der Waals surface area contributed by atoms with Crippen molar-refractivity contribution in [1.82, 2.24) is 10.4 Å². The number of hydrogen-bond donors (Lipinski definition) is 1. The molecule has 2 heterocycles. The van der Waals surface area contributed by atoms with Crippen LogP contribution in [0.15, 0.2) is 72.4 Å². The second-order valence-corrected chi connectivity index (χ2v) is 7.91. The van der Waals surface area contributed by atoms with Crippen molar-refractivity contribution < 1.29 is 23.9 Å². The summed E-state index contributed by atoms with van der Waals surface area (Å²) in [6.07, 6.45) is 2.71. The predicted molar refractivity (Wildman–Crippen MR) is 112 cm³/mol. The van der Waals surface area contributed by atoms with Gasteiger partial charge in [0, 0.05) is 23.2 Å². The lowest BCUT2D eigenvalue weighted by atomic mass is 9.78. The normalized spacial score (nSPS) is 26.0. The van der Waals surface area contributed by atoms with Gasteiger partial charge in [0.15, 0.2) is 5.60 Å². The van der Waals surface area contributed by atoms with Crippen LogP contribution in [0.5, 0.6) is 0 Å². The lowest BCUT2D eigenvalue weighted by molar-refractivity contribution is -0.237. The number of amides is 2. The molecule has 2 atom stereocenters. The van der Waals surface area contributed by atoms with Crippen LogP contribution in [-0.2, 0) is 14.3 Å². The van der Waals surface area contributed by atoms with E-state index in [1.807, 2.05) is 49.4 Å². The maximum Gasteiger partial charge on any atom is 0.277 e. The summed E-state index contributed by atoms with van der Waals surface area (Å²) in [6.45, 7) is 2.81. The molecule has 2 aromatic rings. The van der Waals surface area contributed by atoms with E-state index in [0.29, 0.717) is 42.9 Å². The number of carbonyl (C=O) groups excluding carboxylic acids is 2. The molecule has 2 fully saturated rings. The van der Waals surface area contributed by atoms with Crippen LogP contribution in [0, 0.1) is 0 Å². The Morgan fingerprint density at radius 2 is 1.61 bits per heavy atom. The molecule has 2 amide bonds. The zero-order valence-electron chi connectivity index (χ0n) is 17.2. The quantitative estimate of drug-likeness (QED) is 0.823. The van der Waals surface area contributed by atoms with E-state index >= 15 is 0 Å². The summed E-state index contributed by atoms with van der Waals surface area (Å²) in [5.41, 5.74) is 0.752. The zero-order valence-corrected chi connectivity index (χ0v) is 17.2. The fourth-order valence-corrected chi connectivity index (χ4v) is 4.70. The fraction of sp³-hybridized carbons (Fsp3) is 0.333. The van der Waals surface area contributed by atoms with Crippen LogP contribution in [-0.4, -0.2) is 47.5 Å². The summed E-state index contributed by atoms with van der Waals surface area (Å²) in [5.74, 6) is -1.56. The van der Waals surface area contributed by atoms with E-state index in [0.717, 1.165) is 0 Å². The monoisotopic (exact) mass is 420 g/mol. The smallest absolute Gasteiger partial charge is 0.277 e. The molecule has 1 aliphatic carbocycles. The predicted octanol–water partition coefficient (Wildman–Crippen LogP) is 3.05. The van der Waals surface area contributed by atoms with Crippen molar-refractivity contribution in [2.75, 3.05) is 13.2 Å². The van der Waals surface area contributed by atoms with Gasteiger partial charge in [-0.1, -0.05) is 43.3 Å². The molecule has 7 nitrogen and oxygen atoms in total. The van der Waals surface area contributed by atoms with E-state index in [9.17, 15) is 9.59 Å². The third-order valence-electron chi connectivity index (χ3n) is 6.17. The van der Waals surface area contributed by atoms with Crippen LogP contribution in [0.1, 0.15) is 40.5 Å². The Hall–Kier alpha value is -3.00. The molecule has 7 heteroatoms. The average molecular weight is 420 g/mol. The summed E-state index contributed by atoms with van der Waals surface area (Å²) < 4.78 is 12.2. The molecule has 0 radical (unpaired) electrons. The summed E-state index contributed by atoms with van der Waals surface area (Å²) >= 11 is 0. The Kier molecular flexibility index (Phi) is 4.89. The Bertz CT molecular complexity index is 1020. The van der Waals surface area contributed by atoms with Gasteiger partial charge in [-0.3, -0.25) is 14.4 Å². The van der Waals surface area contributed by atoms with E-state index in [1.165, 1.54) is 5.06 Å². The molecule has 2 aliphatic heterocycles. The molecule has 1 N–H and O–H groups in total. The molecule has 3 aliphatic rings. The number of hydrogen-bond acceptors (Lipinski definition) is 5. The number of nitrogens with zero attached hydrogens (tertiary/aromatic N) is 1. The van der Waals surface area contributed by atoms with Gasteiger partial charge in [-0.25, -0.2) is 5.06 Å². The highest BCUT2D eigenvalue weighted by Crippen LogP contribution is 2.53. The fourth-order valence-electron chi connectivity index (χ4n) is 4.70. The van der Waals surface area contributed by atoms with Crippen LogP contribution >= 0.6 is 0 Å². The van der Waals surface area contributed by atoms with Gasteiger partial charge in [-0.2, -0.15) is 0 Å². The average Bonchev–Trinajstić information content (AvgIpc) is 3.35. The van der Waals surface area contributed by atoms with Crippen molar-refractivity contribution in [3.63, 3.8) is 0 Å². The molecule has 5 rings (SSSR count). The van der Waals surface area contributed by atoms with Crippen LogP contribution < -0.4 is 5.32 Å². The van der Waals surface area contributed by atoms with Crippen molar-refractivity contribution in [2.24, 2.45) is 0 Å². The molecule has 2 saturated heterocycles. The van der Waals surface area contributed by atoms with Gasteiger partial charge in [0.2, 0.25) is 5.79 Å². The first-order valence-corrected chi connectivity index (χ1v) is 10.5. The molecule has 2 aromatic carbocycles. The summed E-state index contributed by atoms with van der Waals surface area (Å²) in [6, 6.07) is 17.5. The van der Waals surface area contributed by atoms with Crippen molar-refractivity contribution in [3.05, 3.63) is 83.6 Å². The Morgan fingerprint density at radius 1 is 1.00 bits per heavy atom. The third kappa shape index (κ3) is 3.08. The van der Waals surface area contributed by atoms with Gasteiger partial charge in [0.05, 0.1) is 13.2 Å². The van der Waals surface area contributed by atoms with Gasteiger partial charge in [-0.05, 0) is 36.8 Å². The molecule has 2 bridgehead atoms. The van der Waals surface area contributed by atoms with Gasteiger partial charge >= 0.3 is 0 Å². The molecule has 160 valence electrons. The number of hydroxylamine groups is 2. The standard InChI is InChI=1S/C24H24N2O5/c1-2-23-16-19(25-21(27)17-9-5-3-6-10-17)15-20(24(23)29-13-14-30-24)26(31-23)22(28)18-11-7-4-8-12-18/h3-12,16,20H,2,13-15H2,1H3,(H,25,27). The number of carbonyl (C=O) groups is 2. The maximum atomic E-state index is 13.3. The largest absolute Gasteiger partial charge is 0.343 e. The van der Waals surface area contributed by atoms with Crippen molar-refractivity contribution in [1.29, 1.82) is 0 Å². The number of rotatable bonds is 4. The Balaban J connectivity index is 1.49. The number of benzene rings is 2. The summed E-state index contributed by atoms with van der Waals surface area (Å²) in [7, 11) is 0. The molecule has 0 aromatic heterocycles. The first kappa shape index (κ1) is 19.9. The van der Waals surface area contributed by atoms with Crippen molar-refractivity contribution in [3.8, 4) is 0 Å².